The van der Waals surface area contributed by atoms with Crippen LogP contribution in [-0.4, -0.2) is 11.5 Å². The molecule has 1 heterocycles. The van der Waals surface area contributed by atoms with Gasteiger partial charge in [0.25, 0.3) is 0 Å². The van der Waals surface area contributed by atoms with Crippen molar-refractivity contribution in [3.8, 4) is 0 Å². The summed E-state index contributed by atoms with van der Waals surface area (Å²) in [6.45, 7) is 6.30. The average Bonchev–Trinajstić information content (AvgIpc) is 2.31. The van der Waals surface area contributed by atoms with Crippen LogP contribution in [0.15, 0.2) is 24.3 Å². The highest BCUT2D eigenvalue weighted by molar-refractivity contribution is 5.85. The Morgan fingerprint density at radius 1 is 1.21 bits per heavy atom. The average molecular weight is 254 g/mol. The fourth-order valence-corrected chi connectivity index (χ4v) is 2.87. The third-order valence-corrected chi connectivity index (χ3v) is 4.20. The smallest absolute Gasteiger partial charge is 0.0454 e. The van der Waals surface area contributed by atoms with Gasteiger partial charge in [-0.2, -0.15) is 0 Å². The molecule has 0 spiro atoms. The third-order valence-electron chi connectivity index (χ3n) is 4.20. The van der Waals surface area contributed by atoms with Gasteiger partial charge in [-0.15, -0.1) is 0 Å². The Hall–Kier alpha value is -1.41. The molecule has 1 aromatic carbocycles. The van der Waals surface area contributed by atoms with E-state index in [0.29, 0.717) is 0 Å². The van der Waals surface area contributed by atoms with Crippen LogP contribution in [0.25, 0.3) is 10.8 Å². The summed E-state index contributed by atoms with van der Waals surface area (Å²) in [6, 6.07) is 8.90. The molecule has 1 N–H and O–H groups in total. The molecule has 1 aromatic heterocycles. The van der Waals surface area contributed by atoms with Crippen molar-refractivity contribution in [3.63, 3.8) is 0 Å². The van der Waals surface area contributed by atoms with Crippen LogP contribution in [0.1, 0.15) is 36.2 Å². The van der Waals surface area contributed by atoms with E-state index in [1.807, 2.05) is 0 Å². The van der Waals surface area contributed by atoms with Gasteiger partial charge in [-0.1, -0.05) is 18.6 Å². The van der Waals surface area contributed by atoms with Gasteiger partial charge in [0.05, 0.1) is 0 Å². The number of fused-ring (bicyclic) bond motifs is 1. The van der Waals surface area contributed by atoms with Gasteiger partial charge in [-0.05, 0) is 62.2 Å². The molecule has 2 heteroatoms. The highest BCUT2D eigenvalue weighted by Gasteiger charge is 2.16. The molecule has 0 saturated heterocycles. The van der Waals surface area contributed by atoms with Crippen LogP contribution < -0.4 is 5.32 Å². The molecule has 1 saturated carbocycles. The molecule has 1 aliphatic carbocycles. The summed E-state index contributed by atoms with van der Waals surface area (Å²) < 4.78 is 0. The number of nitrogens with zero attached hydrogens (tertiary/aromatic N) is 1. The van der Waals surface area contributed by atoms with Gasteiger partial charge in [0.2, 0.25) is 0 Å². The van der Waals surface area contributed by atoms with E-state index in [9.17, 15) is 0 Å². The second-order valence-electron chi connectivity index (χ2n) is 5.83. The van der Waals surface area contributed by atoms with Crippen LogP contribution in [0.2, 0.25) is 0 Å². The molecule has 1 fully saturated rings. The van der Waals surface area contributed by atoms with Crippen molar-refractivity contribution in [2.45, 2.75) is 39.7 Å². The summed E-state index contributed by atoms with van der Waals surface area (Å²) in [5.74, 6) is 0.925. The molecule has 1 aliphatic rings. The van der Waals surface area contributed by atoms with E-state index in [-0.39, 0.29) is 0 Å². The lowest BCUT2D eigenvalue weighted by Crippen LogP contribution is -2.26. The predicted molar refractivity (Wildman–Crippen MR) is 80.3 cm³/mol. The summed E-state index contributed by atoms with van der Waals surface area (Å²) in [7, 11) is 0. The number of pyridine rings is 1. The van der Waals surface area contributed by atoms with Gasteiger partial charge in [0.15, 0.2) is 0 Å². The number of benzene rings is 1. The van der Waals surface area contributed by atoms with Gasteiger partial charge in [0, 0.05) is 23.3 Å². The molecule has 2 nitrogen and oxygen atoms in total. The monoisotopic (exact) mass is 254 g/mol. The second-order valence-corrected chi connectivity index (χ2v) is 5.83. The van der Waals surface area contributed by atoms with Crippen molar-refractivity contribution in [2.24, 2.45) is 5.92 Å². The molecule has 0 aliphatic heterocycles. The third kappa shape index (κ3) is 2.79. The molecule has 2 aromatic rings. The second kappa shape index (κ2) is 5.30. The van der Waals surface area contributed by atoms with Gasteiger partial charge < -0.3 is 5.32 Å². The molecule has 0 radical (unpaired) electrons. The van der Waals surface area contributed by atoms with Gasteiger partial charge in [-0.3, -0.25) is 4.98 Å². The van der Waals surface area contributed by atoms with Gasteiger partial charge in [0.1, 0.15) is 0 Å². The molecular weight excluding hydrogens is 232 g/mol. The minimum Gasteiger partial charge on any atom is -0.312 e. The zero-order valence-corrected chi connectivity index (χ0v) is 11.9. The summed E-state index contributed by atoms with van der Waals surface area (Å²) in [5, 5.41) is 6.17. The van der Waals surface area contributed by atoms with Crippen LogP contribution in [-0.2, 0) is 6.54 Å². The Morgan fingerprint density at radius 2 is 2.05 bits per heavy atom. The van der Waals surface area contributed by atoms with E-state index in [0.717, 1.165) is 23.9 Å². The van der Waals surface area contributed by atoms with Crippen molar-refractivity contribution >= 4 is 10.8 Å². The van der Waals surface area contributed by atoms with E-state index in [4.69, 9.17) is 0 Å². The molecule has 3 rings (SSSR count). The van der Waals surface area contributed by atoms with Gasteiger partial charge >= 0.3 is 0 Å². The van der Waals surface area contributed by atoms with Crippen molar-refractivity contribution in [1.29, 1.82) is 0 Å². The van der Waals surface area contributed by atoms with Crippen molar-refractivity contribution in [2.75, 3.05) is 6.54 Å². The number of hydrogen-bond acceptors (Lipinski definition) is 2. The van der Waals surface area contributed by atoms with E-state index in [1.165, 1.54) is 42.1 Å². The topological polar surface area (TPSA) is 24.9 Å². The Balaban J connectivity index is 1.73. The summed E-state index contributed by atoms with van der Waals surface area (Å²) >= 11 is 0. The Morgan fingerprint density at radius 3 is 2.79 bits per heavy atom. The fourth-order valence-electron chi connectivity index (χ4n) is 2.87. The zero-order valence-electron chi connectivity index (χ0n) is 11.9. The SMILES string of the molecule is Cc1cc2cc(CNCC3CCC3)ccc2c(C)n1. The Kier molecular flexibility index (Phi) is 3.52. The van der Waals surface area contributed by atoms with Crippen LogP contribution in [0.4, 0.5) is 0 Å². The highest BCUT2D eigenvalue weighted by atomic mass is 14.9. The molecule has 0 unspecified atom stereocenters. The van der Waals surface area contributed by atoms with E-state index < -0.39 is 0 Å². The lowest BCUT2D eigenvalue weighted by Gasteiger charge is -2.25. The Bertz CT molecular complexity index is 585. The van der Waals surface area contributed by atoms with E-state index in [1.54, 1.807) is 0 Å². The molecule has 19 heavy (non-hydrogen) atoms. The fraction of sp³-hybridized carbons (Fsp3) is 0.471. The van der Waals surface area contributed by atoms with Crippen molar-refractivity contribution < 1.29 is 0 Å². The predicted octanol–water partition coefficient (Wildman–Crippen LogP) is 3.74. The van der Waals surface area contributed by atoms with Crippen LogP contribution in [0.3, 0.4) is 0 Å². The largest absolute Gasteiger partial charge is 0.312 e. The summed E-state index contributed by atoms with van der Waals surface area (Å²) in [4.78, 5) is 4.52. The first-order valence-electron chi connectivity index (χ1n) is 7.30. The summed E-state index contributed by atoms with van der Waals surface area (Å²) in [6.07, 6.45) is 4.25. The van der Waals surface area contributed by atoms with Crippen LogP contribution >= 0.6 is 0 Å². The van der Waals surface area contributed by atoms with Crippen molar-refractivity contribution in [3.05, 3.63) is 41.2 Å². The molecule has 100 valence electrons. The summed E-state index contributed by atoms with van der Waals surface area (Å²) in [5.41, 5.74) is 3.60. The first kappa shape index (κ1) is 12.6. The highest BCUT2D eigenvalue weighted by Crippen LogP contribution is 2.25. The molecule has 0 atom stereocenters. The maximum atomic E-state index is 4.52. The lowest BCUT2D eigenvalue weighted by atomic mass is 9.85. The van der Waals surface area contributed by atoms with Crippen molar-refractivity contribution in [1.82, 2.24) is 10.3 Å². The number of aromatic nitrogens is 1. The minimum absolute atomic E-state index is 0.925. The first-order chi connectivity index (χ1) is 9.22. The molecule has 0 amide bonds. The standard InChI is InChI=1S/C17H22N2/c1-12-8-16-9-15(6-7-17(16)13(2)19-12)11-18-10-14-4-3-5-14/h6-9,14,18H,3-5,10-11H2,1-2H3. The number of hydrogen-bond donors (Lipinski definition) is 1. The van der Waals surface area contributed by atoms with Gasteiger partial charge in [-0.25, -0.2) is 0 Å². The maximum Gasteiger partial charge on any atom is 0.0454 e. The normalized spacial score (nSPS) is 15.7. The van der Waals surface area contributed by atoms with E-state index >= 15 is 0 Å². The minimum atomic E-state index is 0.925. The zero-order chi connectivity index (χ0) is 13.2. The number of aryl methyl sites for hydroxylation is 2. The maximum absolute atomic E-state index is 4.52. The van der Waals surface area contributed by atoms with Crippen LogP contribution in [0.5, 0.6) is 0 Å². The number of rotatable bonds is 4. The number of nitrogens with one attached hydrogen (secondary N) is 1. The van der Waals surface area contributed by atoms with Crippen LogP contribution in [0, 0.1) is 19.8 Å². The molecular formula is C17H22N2. The quantitative estimate of drug-likeness (QED) is 0.899. The Labute approximate surface area is 115 Å². The lowest BCUT2D eigenvalue weighted by molar-refractivity contribution is 0.301. The van der Waals surface area contributed by atoms with E-state index in [2.05, 4.69) is 48.4 Å². The molecule has 0 bridgehead atoms. The first-order valence-corrected chi connectivity index (χ1v) is 7.30.